The van der Waals surface area contributed by atoms with E-state index < -0.39 is 17.8 Å². The molecule has 3 heterocycles. The van der Waals surface area contributed by atoms with Gasteiger partial charge in [-0.05, 0) is 85.9 Å². The monoisotopic (exact) mass is 620 g/mol. The van der Waals surface area contributed by atoms with Crippen molar-refractivity contribution in [3.05, 3.63) is 75.1 Å². The van der Waals surface area contributed by atoms with Gasteiger partial charge in [-0.2, -0.15) is 0 Å². The summed E-state index contributed by atoms with van der Waals surface area (Å²) in [6, 6.07) is 10.7. The Kier molecular flexibility index (Phi) is 8.22. The van der Waals surface area contributed by atoms with Gasteiger partial charge in [0.05, 0.1) is 0 Å². The number of imide groups is 1. The van der Waals surface area contributed by atoms with Crippen LogP contribution in [0.15, 0.2) is 42.0 Å². The molecule has 0 bridgehead atoms. The maximum Gasteiger partial charge on any atom is 0.255 e. The van der Waals surface area contributed by atoms with E-state index in [0.717, 1.165) is 49.6 Å². The summed E-state index contributed by atoms with van der Waals surface area (Å²) in [5.74, 6) is -1.54. The van der Waals surface area contributed by atoms with Crippen molar-refractivity contribution >= 4 is 34.9 Å². The summed E-state index contributed by atoms with van der Waals surface area (Å²) < 4.78 is 15.4. The summed E-state index contributed by atoms with van der Waals surface area (Å²) in [5.41, 5.74) is 5.95. The number of piperazine rings is 1. The number of nitrogens with one attached hydrogen (secondary N) is 1. The largest absolute Gasteiger partial charge is 0.322 e. The molecule has 2 saturated heterocycles. The van der Waals surface area contributed by atoms with Crippen molar-refractivity contribution in [2.24, 2.45) is 5.41 Å². The summed E-state index contributed by atoms with van der Waals surface area (Å²) in [4.78, 5) is 43.4. The number of nitrogens with zero attached hydrogens (tertiary/aromatic N) is 3. The molecule has 3 amide bonds. The van der Waals surface area contributed by atoms with Gasteiger partial charge in [0.15, 0.2) is 0 Å². The van der Waals surface area contributed by atoms with Crippen LogP contribution in [0.2, 0.25) is 5.02 Å². The van der Waals surface area contributed by atoms with Crippen LogP contribution in [0.25, 0.3) is 5.57 Å². The minimum atomic E-state index is -0.710. The zero-order chi connectivity index (χ0) is 31.4. The minimum Gasteiger partial charge on any atom is -0.322 e. The fourth-order valence-corrected chi connectivity index (χ4v) is 7.54. The van der Waals surface area contributed by atoms with Crippen LogP contribution in [0.1, 0.15) is 86.8 Å². The Morgan fingerprint density at radius 2 is 1.75 bits per heavy atom. The molecular weight excluding hydrogens is 579 g/mol. The molecule has 4 aliphatic rings. The van der Waals surface area contributed by atoms with Crippen LogP contribution in [0.3, 0.4) is 0 Å². The first-order valence-electron chi connectivity index (χ1n) is 15.7. The number of hydrogen-bond donors (Lipinski definition) is 1. The van der Waals surface area contributed by atoms with Crippen LogP contribution in [0, 0.1) is 11.2 Å². The summed E-state index contributed by atoms with van der Waals surface area (Å²) in [6.07, 6.45) is 3.77. The Morgan fingerprint density at radius 3 is 2.45 bits per heavy atom. The zero-order valence-electron chi connectivity index (χ0n) is 26.1. The highest BCUT2D eigenvalue weighted by molar-refractivity contribution is 6.30. The molecule has 7 nitrogen and oxygen atoms in total. The second-order valence-electron chi connectivity index (χ2n) is 14.4. The maximum absolute atomic E-state index is 15.4. The van der Waals surface area contributed by atoms with Gasteiger partial charge < -0.3 is 4.90 Å². The van der Waals surface area contributed by atoms with E-state index in [2.05, 4.69) is 54.9 Å². The van der Waals surface area contributed by atoms with Gasteiger partial charge in [0.25, 0.3) is 5.91 Å². The standard InChI is InChI=1S/C35H42ClFN4O3/c1-34(2)12-11-23(28(17-34)22-5-7-26(36)8-6-22)19-40-14-13-39(21-35(40,3)4)18-25-15-24-20-41(33(44)27(24)16-29(25)37)30-9-10-31(42)38-32(30)43/h5-8,15-16,30H,9-14,17-21H2,1-4H3,(H,38,42,43). The van der Waals surface area contributed by atoms with E-state index in [1.54, 1.807) is 6.07 Å². The lowest BCUT2D eigenvalue weighted by Gasteiger charge is -2.48. The van der Waals surface area contributed by atoms with Gasteiger partial charge in [-0.3, -0.25) is 29.5 Å². The van der Waals surface area contributed by atoms with Crippen LogP contribution in [-0.4, -0.2) is 70.2 Å². The Hall–Kier alpha value is -3.07. The molecule has 1 N–H and O–H groups in total. The molecule has 2 fully saturated rings. The average molecular weight is 621 g/mol. The van der Waals surface area contributed by atoms with E-state index in [9.17, 15) is 14.4 Å². The predicted octanol–water partition coefficient (Wildman–Crippen LogP) is 5.80. The number of benzene rings is 2. The van der Waals surface area contributed by atoms with Crippen molar-refractivity contribution in [2.75, 3.05) is 26.2 Å². The molecule has 9 heteroatoms. The van der Waals surface area contributed by atoms with Gasteiger partial charge >= 0.3 is 0 Å². The zero-order valence-corrected chi connectivity index (χ0v) is 26.9. The highest BCUT2D eigenvalue weighted by Gasteiger charge is 2.40. The van der Waals surface area contributed by atoms with E-state index in [-0.39, 0.29) is 42.2 Å². The molecule has 2 aromatic rings. The number of allylic oxidation sites excluding steroid dienone is 1. The number of carbonyl (C=O) groups excluding carboxylic acids is 3. The van der Waals surface area contributed by atoms with Crippen molar-refractivity contribution < 1.29 is 18.8 Å². The van der Waals surface area contributed by atoms with Crippen LogP contribution < -0.4 is 5.32 Å². The molecule has 2 aromatic carbocycles. The van der Waals surface area contributed by atoms with Crippen molar-refractivity contribution in [1.29, 1.82) is 0 Å². The van der Waals surface area contributed by atoms with Crippen molar-refractivity contribution in [3.63, 3.8) is 0 Å². The number of amides is 3. The Balaban J connectivity index is 1.15. The minimum absolute atomic E-state index is 0.116. The fourth-order valence-electron chi connectivity index (χ4n) is 7.42. The predicted molar refractivity (Wildman–Crippen MR) is 169 cm³/mol. The van der Waals surface area contributed by atoms with Crippen molar-refractivity contribution in [1.82, 2.24) is 20.0 Å². The van der Waals surface area contributed by atoms with E-state index in [1.165, 1.54) is 34.1 Å². The molecule has 1 unspecified atom stereocenters. The second kappa shape index (κ2) is 11.7. The lowest BCUT2D eigenvalue weighted by molar-refractivity contribution is -0.136. The van der Waals surface area contributed by atoms with E-state index >= 15 is 4.39 Å². The van der Waals surface area contributed by atoms with Gasteiger partial charge in [-0.1, -0.05) is 43.2 Å². The van der Waals surface area contributed by atoms with Gasteiger partial charge in [0, 0.05) is 67.4 Å². The van der Waals surface area contributed by atoms with Crippen molar-refractivity contribution in [3.8, 4) is 0 Å². The summed E-state index contributed by atoms with van der Waals surface area (Å²) in [5, 5.41) is 3.07. The fraction of sp³-hybridized carbons (Fsp3) is 0.514. The Bertz CT molecular complexity index is 1530. The molecule has 0 saturated carbocycles. The third-order valence-corrected chi connectivity index (χ3v) is 10.2. The molecule has 0 aromatic heterocycles. The highest BCUT2D eigenvalue weighted by Crippen LogP contribution is 2.44. The molecule has 1 aliphatic carbocycles. The number of piperidine rings is 1. The van der Waals surface area contributed by atoms with Crippen molar-refractivity contribution in [2.45, 2.75) is 84.5 Å². The number of fused-ring (bicyclic) bond motifs is 1. The van der Waals surface area contributed by atoms with Crippen LogP contribution in [-0.2, 0) is 22.7 Å². The highest BCUT2D eigenvalue weighted by atomic mass is 35.5. The lowest BCUT2D eigenvalue weighted by atomic mass is 9.72. The molecule has 0 spiro atoms. The first-order valence-corrected chi connectivity index (χ1v) is 16.1. The average Bonchev–Trinajstić information content (AvgIpc) is 3.25. The first kappa shape index (κ1) is 30.9. The summed E-state index contributed by atoms with van der Waals surface area (Å²) in [6.45, 7) is 13.3. The third-order valence-electron chi connectivity index (χ3n) is 10.00. The van der Waals surface area contributed by atoms with Gasteiger partial charge in [0.1, 0.15) is 11.9 Å². The quantitative estimate of drug-likeness (QED) is 0.413. The van der Waals surface area contributed by atoms with Gasteiger partial charge in [-0.15, -0.1) is 0 Å². The van der Waals surface area contributed by atoms with E-state index in [4.69, 9.17) is 11.6 Å². The molecular formula is C35H42ClFN4O3. The molecule has 3 aliphatic heterocycles. The number of rotatable bonds is 6. The lowest BCUT2D eigenvalue weighted by Crippen LogP contribution is -2.59. The Morgan fingerprint density at radius 1 is 1.00 bits per heavy atom. The normalized spacial score (nSPS) is 24.1. The Labute approximate surface area is 264 Å². The van der Waals surface area contributed by atoms with Crippen LogP contribution >= 0.6 is 11.6 Å². The molecule has 6 rings (SSSR count). The second-order valence-corrected chi connectivity index (χ2v) is 14.8. The van der Waals surface area contributed by atoms with E-state index in [1.807, 2.05) is 12.1 Å². The topological polar surface area (TPSA) is 73.0 Å². The van der Waals surface area contributed by atoms with Crippen LogP contribution in [0.5, 0.6) is 0 Å². The molecule has 1 atom stereocenters. The summed E-state index contributed by atoms with van der Waals surface area (Å²) in [7, 11) is 0. The number of hydrogen-bond acceptors (Lipinski definition) is 5. The SMILES string of the molecule is CC1(C)CCC(CN2CCN(Cc3cc4c(cc3F)C(=O)N(C3CCC(=O)NC3=O)C4)CC2(C)C)=C(c2ccc(Cl)cc2)C1. The molecule has 234 valence electrons. The van der Waals surface area contributed by atoms with Gasteiger partial charge in [0.2, 0.25) is 11.8 Å². The third kappa shape index (κ3) is 6.22. The number of halogens is 2. The van der Waals surface area contributed by atoms with Gasteiger partial charge in [-0.25, -0.2) is 4.39 Å². The maximum atomic E-state index is 15.4. The summed E-state index contributed by atoms with van der Waals surface area (Å²) >= 11 is 6.21. The molecule has 0 radical (unpaired) electrons. The smallest absolute Gasteiger partial charge is 0.255 e. The van der Waals surface area contributed by atoms with Crippen LogP contribution in [0.4, 0.5) is 4.39 Å². The number of carbonyl (C=O) groups is 3. The first-order chi connectivity index (χ1) is 20.8. The molecule has 44 heavy (non-hydrogen) atoms. The van der Waals surface area contributed by atoms with E-state index in [0.29, 0.717) is 17.7 Å².